The van der Waals surface area contributed by atoms with Crippen LogP contribution in [0.5, 0.6) is 11.5 Å². The fourth-order valence-electron chi connectivity index (χ4n) is 1.60. The van der Waals surface area contributed by atoms with Crippen molar-refractivity contribution in [2.75, 3.05) is 7.11 Å². The Morgan fingerprint density at radius 1 is 1.32 bits per heavy atom. The Hall–Kier alpha value is -2.31. The molecule has 0 fully saturated rings. The Morgan fingerprint density at radius 3 is 2.68 bits per heavy atom. The molecule has 0 N–H and O–H groups in total. The second-order valence-corrected chi connectivity index (χ2v) is 3.65. The smallest absolute Gasteiger partial charge is 0.387 e. The van der Waals surface area contributed by atoms with Gasteiger partial charge in [0.2, 0.25) is 0 Å². The first kappa shape index (κ1) is 13.1. The van der Waals surface area contributed by atoms with E-state index in [9.17, 15) is 13.6 Å². The van der Waals surface area contributed by atoms with Crippen LogP contribution in [0.4, 0.5) is 8.78 Å². The van der Waals surface area contributed by atoms with E-state index in [2.05, 4.69) is 15.0 Å². The lowest BCUT2D eigenvalue weighted by Gasteiger charge is -2.14. The Morgan fingerprint density at radius 2 is 2.11 bits per heavy atom. The first-order valence-corrected chi connectivity index (χ1v) is 5.36. The number of hydrogen-bond acceptors (Lipinski definition) is 4. The zero-order chi connectivity index (χ0) is 13.8. The van der Waals surface area contributed by atoms with E-state index in [1.54, 1.807) is 12.1 Å². The van der Waals surface area contributed by atoms with Crippen molar-refractivity contribution in [3.63, 3.8) is 0 Å². The van der Waals surface area contributed by atoms with E-state index in [4.69, 9.17) is 4.74 Å². The van der Waals surface area contributed by atoms with Crippen LogP contribution in [0.3, 0.4) is 0 Å². The molecule has 0 bridgehead atoms. The van der Waals surface area contributed by atoms with Crippen LogP contribution in [0.2, 0.25) is 0 Å². The Kier molecular flexibility index (Phi) is 3.84. The molecule has 0 radical (unpaired) electrons. The highest BCUT2D eigenvalue weighted by atomic mass is 19.3. The molecule has 5 nitrogen and oxygen atoms in total. The summed E-state index contributed by atoms with van der Waals surface area (Å²) in [5.74, 6) is -0.326. The van der Waals surface area contributed by atoms with Gasteiger partial charge in [-0.15, -0.1) is 5.11 Å². The lowest BCUT2D eigenvalue weighted by Crippen LogP contribution is -2.05. The summed E-state index contributed by atoms with van der Waals surface area (Å²) in [7, 11) is 1.35. The van der Waals surface area contributed by atoms with Crippen molar-refractivity contribution in [1.82, 2.24) is 0 Å². The number of benzene rings is 1. The minimum Gasteiger partial charge on any atom is -0.493 e. The van der Waals surface area contributed by atoms with Gasteiger partial charge >= 0.3 is 6.61 Å². The molecule has 2 rings (SSSR count). The van der Waals surface area contributed by atoms with Gasteiger partial charge in [0.15, 0.2) is 11.5 Å². The van der Waals surface area contributed by atoms with Gasteiger partial charge in [-0.05, 0) is 23.8 Å². The summed E-state index contributed by atoms with van der Waals surface area (Å²) in [4.78, 5) is 10.9. The van der Waals surface area contributed by atoms with Gasteiger partial charge in [0.05, 0.1) is 7.11 Å². The lowest BCUT2D eigenvalue weighted by molar-refractivity contribution is -0.114. The molecular formula is C12H10F2N2O3. The number of alkyl halides is 2. The van der Waals surface area contributed by atoms with Crippen LogP contribution in [0, 0.1) is 0 Å². The van der Waals surface area contributed by atoms with Crippen LogP contribution in [0.25, 0.3) is 0 Å². The van der Waals surface area contributed by atoms with Gasteiger partial charge < -0.3 is 9.47 Å². The average Bonchev–Trinajstić information content (AvgIpc) is 2.39. The first-order valence-electron chi connectivity index (χ1n) is 5.36. The topological polar surface area (TPSA) is 60.2 Å². The van der Waals surface area contributed by atoms with E-state index < -0.39 is 18.6 Å². The highest BCUT2D eigenvalue weighted by Gasteiger charge is 2.16. The number of halogens is 2. The molecule has 0 aliphatic carbocycles. The normalized spacial score (nSPS) is 17.9. The number of carbonyl (C=O) groups is 1. The molecule has 1 aromatic rings. The van der Waals surface area contributed by atoms with Crippen molar-refractivity contribution in [3.8, 4) is 11.5 Å². The van der Waals surface area contributed by atoms with Gasteiger partial charge in [0.25, 0.3) is 5.91 Å². The predicted molar refractivity (Wildman–Crippen MR) is 61.4 cm³/mol. The molecule has 0 saturated heterocycles. The van der Waals surface area contributed by atoms with Gasteiger partial charge in [-0.2, -0.15) is 13.9 Å². The first-order chi connectivity index (χ1) is 9.10. The molecule has 7 heteroatoms. The maximum absolute atomic E-state index is 12.2. The minimum atomic E-state index is -2.92. The standard InChI is InChI=1S/C12H10F2N2O3/c1-18-10-6-7(2-4-9(10)19-12(13)14)8-3-5-11(17)16-15-8/h2-6,8,12H,1H3. The Bertz CT molecular complexity index is 528. The maximum atomic E-state index is 12.2. The van der Waals surface area contributed by atoms with Crippen LogP contribution < -0.4 is 9.47 Å². The third-order valence-corrected chi connectivity index (χ3v) is 2.45. The Labute approximate surface area is 107 Å². The van der Waals surface area contributed by atoms with E-state index in [1.807, 2.05) is 0 Å². The third-order valence-electron chi connectivity index (χ3n) is 2.45. The van der Waals surface area contributed by atoms with Crippen molar-refractivity contribution in [2.24, 2.45) is 10.2 Å². The van der Waals surface area contributed by atoms with Crippen LogP contribution in [-0.4, -0.2) is 19.6 Å². The van der Waals surface area contributed by atoms with Gasteiger partial charge in [0.1, 0.15) is 6.04 Å². The van der Waals surface area contributed by atoms with Crippen molar-refractivity contribution in [2.45, 2.75) is 12.7 Å². The summed E-state index contributed by atoms with van der Waals surface area (Å²) >= 11 is 0. The maximum Gasteiger partial charge on any atom is 0.387 e. The van der Waals surface area contributed by atoms with Crippen LogP contribution in [0.1, 0.15) is 11.6 Å². The fraction of sp³-hybridized carbons (Fsp3) is 0.250. The lowest BCUT2D eigenvalue weighted by atomic mass is 10.1. The van der Waals surface area contributed by atoms with E-state index in [0.29, 0.717) is 5.56 Å². The SMILES string of the molecule is COc1cc(C2C=CC(=O)N=N2)ccc1OC(F)F. The Balaban J connectivity index is 2.26. The molecule has 0 saturated carbocycles. The van der Waals surface area contributed by atoms with E-state index in [0.717, 1.165) is 0 Å². The molecule has 19 heavy (non-hydrogen) atoms. The van der Waals surface area contributed by atoms with E-state index in [-0.39, 0.29) is 11.5 Å². The number of nitrogens with zero attached hydrogens (tertiary/aromatic N) is 2. The molecule has 1 atom stereocenters. The monoisotopic (exact) mass is 268 g/mol. The van der Waals surface area contributed by atoms with E-state index in [1.165, 1.54) is 25.3 Å². The highest BCUT2D eigenvalue weighted by Crippen LogP contribution is 2.33. The molecule has 1 amide bonds. The van der Waals surface area contributed by atoms with Gasteiger partial charge in [-0.3, -0.25) is 4.79 Å². The van der Waals surface area contributed by atoms with Gasteiger partial charge in [-0.25, -0.2) is 0 Å². The summed E-state index contributed by atoms with van der Waals surface area (Å²) in [5.41, 5.74) is 0.658. The largest absolute Gasteiger partial charge is 0.493 e. The van der Waals surface area contributed by atoms with Gasteiger partial charge in [0, 0.05) is 6.08 Å². The van der Waals surface area contributed by atoms with Crippen LogP contribution in [-0.2, 0) is 4.79 Å². The number of azo groups is 1. The number of hydrogen-bond donors (Lipinski definition) is 0. The summed E-state index contributed by atoms with van der Waals surface area (Å²) in [6.07, 6.45) is 2.87. The third kappa shape index (κ3) is 3.12. The molecule has 0 aromatic heterocycles. The molecule has 1 aliphatic rings. The summed E-state index contributed by atoms with van der Waals surface area (Å²) in [6, 6.07) is 4.00. The predicted octanol–water partition coefficient (Wildman–Crippen LogP) is 2.89. The number of ether oxygens (including phenoxy) is 2. The summed E-state index contributed by atoms with van der Waals surface area (Å²) in [6.45, 7) is -2.92. The molecule has 1 aliphatic heterocycles. The molecule has 1 heterocycles. The van der Waals surface area contributed by atoms with Crippen LogP contribution in [0.15, 0.2) is 40.6 Å². The van der Waals surface area contributed by atoms with Crippen molar-refractivity contribution >= 4 is 5.91 Å². The number of rotatable bonds is 4. The van der Waals surface area contributed by atoms with Crippen molar-refractivity contribution < 1.29 is 23.0 Å². The van der Waals surface area contributed by atoms with Crippen molar-refractivity contribution in [1.29, 1.82) is 0 Å². The molecule has 1 unspecified atom stereocenters. The fourth-order valence-corrected chi connectivity index (χ4v) is 1.60. The second-order valence-electron chi connectivity index (χ2n) is 3.65. The average molecular weight is 268 g/mol. The molecule has 0 spiro atoms. The molecular weight excluding hydrogens is 258 g/mol. The minimum absolute atomic E-state index is 0.0611. The molecule has 100 valence electrons. The quantitative estimate of drug-likeness (QED) is 0.843. The zero-order valence-electron chi connectivity index (χ0n) is 9.92. The van der Waals surface area contributed by atoms with Crippen molar-refractivity contribution in [3.05, 3.63) is 35.9 Å². The highest BCUT2D eigenvalue weighted by molar-refractivity contribution is 5.88. The second kappa shape index (κ2) is 5.55. The number of methoxy groups -OCH3 is 1. The number of amides is 1. The number of carbonyl (C=O) groups excluding carboxylic acids is 1. The molecule has 1 aromatic carbocycles. The summed E-state index contributed by atoms with van der Waals surface area (Å²) < 4.78 is 33.6. The van der Waals surface area contributed by atoms with Crippen LogP contribution >= 0.6 is 0 Å². The summed E-state index contributed by atoms with van der Waals surface area (Å²) in [5, 5.41) is 7.21. The zero-order valence-corrected chi connectivity index (χ0v) is 9.92. The van der Waals surface area contributed by atoms with Gasteiger partial charge in [-0.1, -0.05) is 6.07 Å². The van der Waals surface area contributed by atoms with E-state index >= 15 is 0 Å².